The molecule has 0 aliphatic rings. The Morgan fingerprint density at radius 2 is 1.93 bits per heavy atom. The highest BCUT2D eigenvalue weighted by atomic mass is 31.2. The fourth-order valence-electron chi connectivity index (χ4n) is 1.03. The van der Waals surface area contributed by atoms with E-state index in [-0.39, 0.29) is 0 Å². The van der Waals surface area contributed by atoms with E-state index in [2.05, 4.69) is 0 Å². The molecule has 4 heteroatoms. The summed E-state index contributed by atoms with van der Waals surface area (Å²) in [5.41, 5.74) is 1.17. The lowest BCUT2D eigenvalue weighted by molar-refractivity contribution is 0.241. The van der Waals surface area contributed by atoms with Gasteiger partial charge in [-0.3, -0.25) is 4.57 Å². The summed E-state index contributed by atoms with van der Waals surface area (Å²) in [6.07, 6.45) is 0.752. The van der Waals surface area contributed by atoms with Crippen LogP contribution < -0.4 is 0 Å². The van der Waals surface area contributed by atoms with Gasteiger partial charge in [-0.1, -0.05) is 30.3 Å². The first-order valence-corrected chi connectivity index (χ1v) is 6.45. The largest absolute Gasteiger partial charge is 0.327 e. The van der Waals surface area contributed by atoms with Crippen LogP contribution in [0.1, 0.15) is 5.56 Å². The Kier molecular flexibility index (Phi) is 4.33. The van der Waals surface area contributed by atoms with Gasteiger partial charge in [-0.2, -0.15) is 0 Å². The maximum atomic E-state index is 11.3. The van der Waals surface area contributed by atoms with Crippen molar-refractivity contribution in [3.8, 4) is 0 Å². The molecule has 0 spiro atoms. The summed E-state index contributed by atoms with van der Waals surface area (Å²) < 4.78 is 21.2. The molecular weight excluding hydrogens is 199 g/mol. The quantitative estimate of drug-likeness (QED) is 0.707. The molecule has 0 N–H and O–H groups in total. The van der Waals surface area contributed by atoms with Crippen LogP contribution in [0.15, 0.2) is 30.3 Å². The van der Waals surface area contributed by atoms with Crippen LogP contribution in [0, 0.1) is 0 Å². The third kappa shape index (κ3) is 4.05. The first-order chi connectivity index (χ1) is 6.64. The number of rotatable bonds is 5. The lowest BCUT2D eigenvalue weighted by atomic mass is 10.2. The second kappa shape index (κ2) is 5.30. The van der Waals surface area contributed by atoms with Gasteiger partial charge in [0, 0.05) is 13.8 Å². The standard InChI is InChI=1S/C10H15O3P/c1-12-14(2,11)13-9-8-10-6-4-3-5-7-10/h3-7H,8-9H2,1-2H3. The van der Waals surface area contributed by atoms with E-state index in [0.717, 1.165) is 6.42 Å². The van der Waals surface area contributed by atoms with Gasteiger partial charge in [0.05, 0.1) is 6.61 Å². The zero-order chi connectivity index (χ0) is 10.4. The Morgan fingerprint density at radius 3 is 2.50 bits per heavy atom. The van der Waals surface area contributed by atoms with Crippen molar-refractivity contribution in [3.63, 3.8) is 0 Å². The van der Waals surface area contributed by atoms with Crippen molar-refractivity contribution in [2.75, 3.05) is 20.4 Å². The molecule has 0 amide bonds. The third-order valence-corrected chi connectivity index (χ3v) is 3.21. The van der Waals surface area contributed by atoms with Crippen molar-refractivity contribution in [3.05, 3.63) is 35.9 Å². The van der Waals surface area contributed by atoms with Gasteiger partial charge in [0.15, 0.2) is 0 Å². The monoisotopic (exact) mass is 214 g/mol. The SMILES string of the molecule is COP(C)(=O)OCCc1ccccc1. The molecule has 0 bridgehead atoms. The number of benzene rings is 1. The lowest BCUT2D eigenvalue weighted by Crippen LogP contribution is -1.97. The van der Waals surface area contributed by atoms with Crippen LogP contribution in [0.5, 0.6) is 0 Å². The smallest absolute Gasteiger partial charge is 0.312 e. The van der Waals surface area contributed by atoms with Gasteiger partial charge in [0.25, 0.3) is 0 Å². The molecular formula is C10H15O3P. The van der Waals surface area contributed by atoms with Gasteiger partial charge in [-0.25, -0.2) is 0 Å². The minimum absolute atomic E-state index is 0.422. The summed E-state index contributed by atoms with van der Waals surface area (Å²) >= 11 is 0. The number of hydrogen-bond donors (Lipinski definition) is 0. The predicted molar refractivity (Wildman–Crippen MR) is 56.6 cm³/mol. The molecule has 1 rings (SSSR count). The van der Waals surface area contributed by atoms with Gasteiger partial charge in [0.1, 0.15) is 0 Å². The molecule has 78 valence electrons. The average Bonchev–Trinajstić information content (AvgIpc) is 2.19. The molecule has 0 radical (unpaired) electrons. The molecule has 0 fully saturated rings. The minimum atomic E-state index is -2.81. The van der Waals surface area contributed by atoms with E-state index in [9.17, 15) is 4.57 Å². The Balaban J connectivity index is 2.33. The highest BCUT2D eigenvalue weighted by molar-refractivity contribution is 7.52. The summed E-state index contributed by atoms with van der Waals surface area (Å²) in [5, 5.41) is 0. The Labute approximate surface area is 84.6 Å². The molecule has 0 aliphatic carbocycles. The zero-order valence-corrected chi connectivity index (χ0v) is 9.37. The van der Waals surface area contributed by atoms with Gasteiger partial charge in [-0.15, -0.1) is 0 Å². The van der Waals surface area contributed by atoms with Crippen molar-refractivity contribution in [2.24, 2.45) is 0 Å². The van der Waals surface area contributed by atoms with Gasteiger partial charge < -0.3 is 9.05 Å². The molecule has 14 heavy (non-hydrogen) atoms. The van der Waals surface area contributed by atoms with Crippen LogP contribution >= 0.6 is 7.60 Å². The van der Waals surface area contributed by atoms with Crippen LogP contribution in [0.25, 0.3) is 0 Å². The molecule has 0 saturated heterocycles. The van der Waals surface area contributed by atoms with Gasteiger partial charge in [-0.05, 0) is 12.0 Å². The fourth-order valence-corrected chi connectivity index (χ4v) is 1.56. The summed E-state index contributed by atoms with van der Waals surface area (Å²) in [6.45, 7) is 1.89. The summed E-state index contributed by atoms with van der Waals surface area (Å²) in [5.74, 6) is 0. The molecule has 0 aromatic heterocycles. The van der Waals surface area contributed by atoms with Crippen molar-refractivity contribution in [1.82, 2.24) is 0 Å². The molecule has 0 aliphatic heterocycles. The van der Waals surface area contributed by atoms with Crippen LogP contribution in [-0.2, 0) is 20.0 Å². The lowest BCUT2D eigenvalue weighted by Gasteiger charge is -2.10. The maximum Gasteiger partial charge on any atom is 0.327 e. The van der Waals surface area contributed by atoms with Crippen molar-refractivity contribution in [1.29, 1.82) is 0 Å². The van der Waals surface area contributed by atoms with Crippen LogP contribution in [0.4, 0.5) is 0 Å². The number of hydrogen-bond acceptors (Lipinski definition) is 3. The van der Waals surface area contributed by atoms with Gasteiger partial charge in [0.2, 0.25) is 0 Å². The van der Waals surface area contributed by atoms with E-state index in [0.29, 0.717) is 6.61 Å². The van der Waals surface area contributed by atoms with Crippen LogP contribution in [-0.4, -0.2) is 20.4 Å². The Bertz CT molecular complexity index is 310. The van der Waals surface area contributed by atoms with Crippen molar-refractivity contribution in [2.45, 2.75) is 6.42 Å². The molecule has 1 atom stereocenters. The minimum Gasteiger partial charge on any atom is -0.312 e. The predicted octanol–water partition coefficient (Wildman–Crippen LogP) is 2.72. The van der Waals surface area contributed by atoms with Gasteiger partial charge >= 0.3 is 7.60 Å². The topological polar surface area (TPSA) is 35.5 Å². The molecule has 1 aromatic rings. The van der Waals surface area contributed by atoms with E-state index in [1.165, 1.54) is 19.3 Å². The van der Waals surface area contributed by atoms with E-state index in [1.54, 1.807) is 0 Å². The zero-order valence-electron chi connectivity index (χ0n) is 8.47. The van der Waals surface area contributed by atoms with Crippen LogP contribution in [0.3, 0.4) is 0 Å². The second-order valence-corrected chi connectivity index (χ2v) is 5.19. The fraction of sp³-hybridized carbons (Fsp3) is 0.400. The normalized spacial score (nSPS) is 15.0. The summed E-state index contributed by atoms with van der Waals surface area (Å²) in [6, 6.07) is 9.92. The molecule has 1 unspecified atom stereocenters. The maximum absolute atomic E-state index is 11.3. The third-order valence-electron chi connectivity index (χ3n) is 1.89. The summed E-state index contributed by atoms with van der Waals surface area (Å²) in [4.78, 5) is 0. The van der Waals surface area contributed by atoms with E-state index in [4.69, 9.17) is 9.05 Å². The highest BCUT2D eigenvalue weighted by Gasteiger charge is 2.13. The first-order valence-electron chi connectivity index (χ1n) is 4.46. The summed E-state index contributed by atoms with van der Waals surface area (Å²) in [7, 11) is -1.42. The van der Waals surface area contributed by atoms with Crippen molar-refractivity contribution < 1.29 is 13.6 Å². The van der Waals surface area contributed by atoms with E-state index < -0.39 is 7.60 Å². The average molecular weight is 214 g/mol. The molecule has 1 aromatic carbocycles. The van der Waals surface area contributed by atoms with Crippen molar-refractivity contribution >= 4 is 7.60 Å². The van der Waals surface area contributed by atoms with Crippen LogP contribution in [0.2, 0.25) is 0 Å². The van der Waals surface area contributed by atoms with E-state index in [1.807, 2.05) is 30.3 Å². The Hall–Kier alpha value is -0.630. The first kappa shape index (κ1) is 11.4. The highest BCUT2D eigenvalue weighted by Crippen LogP contribution is 2.42. The van der Waals surface area contributed by atoms with E-state index >= 15 is 0 Å². The molecule has 0 heterocycles. The molecule has 3 nitrogen and oxygen atoms in total. The second-order valence-electron chi connectivity index (χ2n) is 3.02. The Morgan fingerprint density at radius 1 is 1.29 bits per heavy atom. The molecule has 0 saturated carbocycles.